The summed E-state index contributed by atoms with van der Waals surface area (Å²) in [6, 6.07) is 0. The summed E-state index contributed by atoms with van der Waals surface area (Å²) in [5.41, 5.74) is 0.571. The van der Waals surface area contributed by atoms with Gasteiger partial charge in [0.2, 0.25) is 0 Å². The second-order valence-corrected chi connectivity index (χ2v) is 4.67. The molecule has 0 aliphatic carbocycles. The number of rotatable bonds is 2. The Bertz CT molecular complexity index is 322. The van der Waals surface area contributed by atoms with E-state index in [0.717, 1.165) is 0 Å². The first-order valence-corrected chi connectivity index (χ1v) is 4.65. The summed E-state index contributed by atoms with van der Waals surface area (Å²) in [4.78, 5) is 15.5. The monoisotopic (exact) mass is 195 g/mol. The average Bonchev–Trinajstić information content (AvgIpc) is 2.46. The van der Waals surface area contributed by atoms with Gasteiger partial charge in [0.1, 0.15) is 5.69 Å². The standard InChI is InChI=1S/C10H17N3O/c1-10(2,3)6-11-9(14)8-5-13(4)7-12-8/h5,7H,6H2,1-4H3,(H,11,14). The Morgan fingerprint density at radius 2 is 2.21 bits per heavy atom. The number of carbonyl (C=O) groups excluding carboxylic acids is 1. The highest BCUT2D eigenvalue weighted by atomic mass is 16.1. The van der Waals surface area contributed by atoms with Crippen LogP contribution in [0.4, 0.5) is 0 Å². The Balaban J connectivity index is 2.52. The molecule has 0 atom stereocenters. The normalized spacial score (nSPS) is 11.4. The van der Waals surface area contributed by atoms with Crippen molar-refractivity contribution < 1.29 is 4.79 Å². The van der Waals surface area contributed by atoms with Crippen molar-refractivity contribution in [1.82, 2.24) is 14.9 Å². The summed E-state index contributed by atoms with van der Waals surface area (Å²) in [5.74, 6) is -0.111. The van der Waals surface area contributed by atoms with Crippen LogP contribution in [0.5, 0.6) is 0 Å². The molecule has 0 unspecified atom stereocenters. The van der Waals surface area contributed by atoms with Crippen molar-refractivity contribution in [2.24, 2.45) is 12.5 Å². The van der Waals surface area contributed by atoms with Crippen LogP contribution in [0.15, 0.2) is 12.5 Å². The Labute approximate surface area is 84.3 Å². The van der Waals surface area contributed by atoms with E-state index in [1.807, 2.05) is 7.05 Å². The molecule has 0 aliphatic heterocycles. The lowest BCUT2D eigenvalue weighted by Crippen LogP contribution is -2.32. The minimum atomic E-state index is -0.111. The smallest absolute Gasteiger partial charge is 0.271 e. The first kappa shape index (κ1) is 10.8. The lowest BCUT2D eigenvalue weighted by Gasteiger charge is -2.17. The second kappa shape index (κ2) is 3.82. The van der Waals surface area contributed by atoms with E-state index in [0.29, 0.717) is 12.2 Å². The van der Waals surface area contributed by atoms with Crippen LogP contribution < -0.4 is 5.32 Å². The number of hydrogen-bond acceptors (Lipinski definition) is 2. The lowest BCUT2D eigenvalue weighted by molar-refractivity contribution is 0.0934. The molecule has 0 bridgehead atoms. The maximum Gasteiger partial charge on any atom is 0.271 e. The van der Waals surface area contributed by atoms with Gasteiger partial charge >= 0.3 is 0 Å². The quantitative estimate of drug-likeness (QED) is 0.770. The molecule has 0 aromatic carbocycles. The summed E-state index contributed by atoms with van der Waals surface area (Å²) in [5, 5.41) is 2.84. The van der Waals surface area contributed by atoms with Gasteiger partial charge in [0.05, 0.1) is 6.33 Å². The third kappa shape index (κ3) is 3.20. The molecule has 0 fully saturated rings. The number of imidazole rings is 1. The molecular weight excluding hydrogens is 178 g/mol. The zero-order valence-electron chi connectivity index (χ0n) is 9.16. The zero-order chi connectivity index (χ0) is 10.8. The maximum atomic E-state index is 11.5. The van der Waals surface area contributed by atoms with Crippen molar-refractivity contribution in [3.63, 3.8) is 0 Å². The van der Waals surface area contributed by atoms with Gasteiger partial charge in [0.15, 0.2) is 0 Å². The van der Waals surface area contributed by atoms with Gasteiger partial charge in [-0.15, -0.1) is 0 Å². The Hall–Kier alpha value is -1.32. The van der Waals surface area contributed by atoms with E-state index in [1.54, 1.807) is 17.1 Å². The molecule has 1 aromatic heterocycles. The molecule has 1 heterocycles. The number of nitrogens with zero attached hydrogens (tertiary/aromatic N) is 2. The fraction of sp³-hybridized carbons (Fsp3) is 0.600. The predicted octanol–water partition coefficient (Wildman–Crippen LogP) is 1.20. The van der Waals surface area contributed by atoms with Crippen LogP contribution in [0.2, 0.25) is 0 Å². The van der Waals surface area contributed by atoms with Crippen molar-refractivity contribution in [2.45, 2.75) is 20.8 Å². The van der Waals surface area contributed by atoms with Gasteiger partial charge in [-0.1, -0.05) is 20.8 Å². The molecule has 1 rings (SSSR count). The largest absolute Gasteiger partial charge is 0.350 e. The van der Waals surface area contributed by atoms with Crippen molar-refractivity contribution >= 4 is 5.91 Å². The molecule has 4 nitrogen and oxygen atoms in total. The summed E-state index contributed by atoms with van der Waals surface area (Å²) in [6.45, 7) is 6.88. The predicted molar refractivity (Wildman–Crippen MR) is 55.0 cm³/mol. The molecule has 4 heteroatoms. The first-order chi connectivity index (χ1) is 6.38. The average molecular weight is 195 g/mol. The SMILES string of the molecule is Cn1cnc(C(=O)NCC(C)(C)C)c1. The summed E-state index contributed by atoms with van der Waals surface area (Å²) in [6.07, 6.45) is 3.32. The fourth-order valence-corrected chi connectivity index (χ4v) is 0.966. The van der Waals surface area contributed by atoms with E-state index in [-0.39, 0.29) is 11.3 Å². The number of amides is 1. The highest BCUT2D eigenvalue weighted by Gasteiger charge is 2.14. The molecule has 1 amide bonds. The minimum Gasteiger partial charge on any atom is -0.350 e. The topological polar surface area (TPSA) is 46.9 Å². The molecule has 78 valence electrons. The molecule has 0 saturated carbocycles. The van der Waals surface area contributed by atoms with E-state index in [2.05, 4.69) is 31.1 Å². The molecule has 0 saturated heterocycles. The number of carbonyl (C=O) groups is 1. The third-order valence-corrected chi connectivity index (χ3v) is 1.72. The van der Waals surface area contributed by atoms with E-state index in [1.165, 1.54) is 0 Å². The van der Waals surface area contributed by atoms with Crippen LogP contribution in [0.3, 0.4) is 0 Å². The fourth-order valence-electron chi connectivity index (χ4n) is 0.966. The van der Waals surface area contributed by atoms with E-state index >= 15 is 0 Å². The van der Waals surface area contributed by atoms with Gasteiger partial charge in [0.25, 0.3) is 5.91 Å². The van der Waals surface area contributed by atoms with Crippen molar-refractivity contribution in [1.29, 1.82) is 0 Å². The molecule has 0 aliphatic rings. The lowest BCUT2D eigenvalue weighted by atomic mass is 9.97. The Morgan fingerprint density at radius 1 is 1.57 bits per heavy atom. The van der Waals surface area contributed by atoms with Crippen molar-refractivity contribution in [3.8, 4) is 0 Å². The number of hydrogen-bond donors (Lipinski definition) is 1. The van der Waals surface area contributed by atoms with Gasteiger partial charge in [-0.2, -0.15) is 0 Å². The van der Waals surface area contributed by atoms with Crippen LogP contribution in [0, 0.1) is 5.41 Å². The van der Waals surface area contributed by atoms with Crippen LogP contribution in [0.25, 0.3) is 0 Å². The highest BCUT2D eigenvalue weighted by molar-refractivity contribution is 5.91. The van der Waals surface area contributed by atoms with Gasteiger partial charge in [-0.3, -0.25) is 4.79 Å². The van der Waals surface area contributed by atoms with E-state index in [9.17, 15) is 4.79 Å². The number of aryl methyl sites for hydroxylation is 1. The van der Waals surface area contributed by atoms with E-state index < -0.39 is 0 Å². The first-order valence-electron chi connectivity index (χ1n) is 4.65. The highest BCUT2D eigenvalue weighted by Crippen LogP contribution is 2.10. The molecule has 1 N–H and O–H groups in total. The van der Waals surface area contributed by atoms with Crippen molar-refractivity contribution in [3.05, 3.63) is 18.2 Å². The maximum absolute atomic E-state index is 11.5. The van der Waals surface area contributed by atoms with Gasteiger partial charge in [-0.25, -0.2) is 4.98 Å². The number of nitrogens with one attached hydrogen (secondary N) is 1. The molecule has 0 spiro atoms. The minimum absolute atomic E-state index is 0.102. The third-order valence-electron chi connectivity index (χ3n) is 1.72. The van der Waals surface area contributed by atoms with Gasteiger partial charge in [-0.05, 0) is 5.41 Å². The Morgan fingerprint density at radius 3 is 2.64 bits per heavy atom. The molecular formula is C10H17N3O. The van der Waals surface area contributed by atoms with Crippen LogP contribution >= 0.6 is 0 Å². The Kier molecular flexibility index (Phi) is 2.93. The van der Waals surface area contributed by atoms with Gasteiger partial charge < -0.3 is 9.88 Å². The van der Waals surface area contributed by atoms with Crippen LogP contribution in [0.1, 0.15) is 31.3 Å². The number of aromatic nitrogens is 2. The van der Waals surface area contributed by atoms with Gasteiger partial charge in [0, 0.05) is 19.8 Å². The van der Waals surface area contributed by atoms with Crippen molar-refractivity contribution in [2.75, 3.05) is 6.54 Å². The van der Waals surface area contributed by atoms with Crippen LogP contribution in [-0.2, 0) is 7.05 Å². The molecule has 0 radical (unpaired) electrons. The molecule has 14 heavy (non-hydrogen) atoms. The molecule has 1 aromatic rings. The summed E-state index contributed by atoms with van der Waals surface area (Å²) in [7, 11) is 1.84. The van der Waals surface area contributed by atoms with E-state index in [4.69, 9.17) is 0 Å². The summed E-state index contributed by atoms with van der Waals surface area (Å²) < 4.78 is 1.76. The second-order valence-electron chi connectivity index (χ2n) is 4.67. The summed E-state index contributed by atoms with van der Waals surface area (Å²) >= 11 is 0. The van der Waals surface area contributed by atoms with Crippen LogP contribution in [-0.4, -0.2) is 22.0 Å². The zero-order valence-corrected chi connectivity index (χ0v) is 9.16.